The molecule has 0 saturated carbocycles. The summed E-state index contributed by atoms with van der Waals surface area (Å²) in [6, 6.07) is -1.21. The van der Waals surface area contributed by atoms with Gasteiger partial charge in [-0.05, 0) is 0 Å². The number of carbonyl (C=O) groups is 3. The highest BCUT2D eigenvalue weighted by atomic mass is 16.6. The highest BCUT2D eigenvalue weighted by Crippen LogP contribution is 1.95. The molecule has 1 amide bonds. The van der Waals surface area contributed by atoms with Gasteiger partial charge in [-0.1, -0.05) is 0 Å². The van der Waals surface area contributed by atoms with Gasteiger partial charge in [-0.15, -0.1) is 0 Å². The molecule has 14 heavy (non-hydrogen) atoms. The Morgan fingerprint density at radius 1 is 1.50 bits per heavy atom. The van der Waals surface area contributed by atoms with Crippen LogP contribution in [0.25, 0.3) is 0 Å². The quantitative estimate of drug-likeness (QED) is 0.318. The molecule has 0 aromatic rings. The number of aliphatic hydroxyl groups excluding tert-OH is 1. The SMILES string of the molecule is NC(=O)C[C@H](N)C(=O)OC(C=O)CO. The Kier molecular flexibility index (Phi) is 5.42. The Balaban J connectivity index is 4.05. The summed E-state index contributed by atoms with van der Waals surface area (Å²) >= 11 is 0. The van der Waals surface area contributed by atoms with E-state index in [-0.39, 0.29) is 12.7 Å². The van der Waals surface area contributed by atoms with E-state index in [9.17, 15) is 14.4 Å². The molecule has 0 radical (unpaired) electrons. The molecule has 0 aromatic heterocycles. The highest BCUT2D eigenvalue weighted by Gasteiger charge is 2.20. The molecule has 0 spiro atoms. The van der Waals surface area contributed by atoms with Crippen LogP contribution in [0, 0.1) is 0 Å². The van der Waals surface area contributed by atoms with Gasteiger partial charge in [0.15, 0.2) is 12.4 Å². The van der Waals surface area contributed by atoms with Crippen molar-refractivity contribution in [2.45, 2.75) is 18.6 Å². The molecular weight excluding hydrogens is 192 g/mol. The predicted octanol–water partition coefficient (Wildman–Crippen LogP) is -2.71. The van der Waals surface area contributed by atoms with Crippen LogP contribution in [0.5, 0.6) is 0 Å². The summed E-state index contributed by atoms with van der Waals surface area (Å²) in [5, 5.41) is 8.50. The molecule has 1 unspecified atom stereocenters. The fourth-order valence-corrected chi connectivity index (χ4v) is 0.645. The maximum Gasteiger partial charge on any atom is 0.324 e. The molecule has 2 atom stereocenters. The number of aliphatic hydroxyl groups is 1. The Hall–Kier alpha value is -1.47. The minimum atomic E-state index is -1.25. The van der Waals surface area contributed by atoms with Gasteiger partial charge < -0.3 is 21.3 Å². The lowest BCUT2D eigenvalue weighted by atomic mass is 10.2. The first kappa shape index (κ1) is 12.5. The number of hydrogen-bond donors (Lipinski definition) is 3. The fraction of sp³-hybridized carbons (Fsp3) is 0.571. The van der Waals surface area contributed by atoms with Gasteiger partial charge in [-0.2, -0.15) is 0 Å². The maximum atomic E-state index is 11.0. The summed E-state index contributed by atoms with van der Waals surface area (Å²) in [6.07, 6.45) is -1.36. The molecule has 0 aliphatic heterocycles. The number of primary amides is 1. The monoisotopic (exact) mass is 204 g/mol. The summed E-state index contributed by atoms with van der Waals surface area (Å²) in [5.74, 6) is -1.70. The maximum absolute atomic E-state index is 11.0. The number of esters is 1. The van der Waals surface area contributed by atoms with E-state index in [2.05, 4.69) is 4.74 Å². The van der Waals surface area contributed by atoms with E-state index >= 15 is 0 Å². The van der Waals surface area contributed by atoms with Crippen LogP contribution in [-0.2, 0) is 19.1 Å². The summed E-state index contributed by atoms with van der Waals surface area (Å²) in [5.41, 5.74) is 9.98. The largest absolute Gasteiger partial charge is 0.451 e. The molecule has 0 rings (SSSR count). The number of aldehydes is 1. The second-order valence-corrected chi connectivity index (χ2v) is 2.57. The first-order chi connectivity index (χ1) is 6.51. The Bertz CT molecular complexity index is 230. The Labute approximate surface area is 80.0 Å². The average molecular weight is 204 g/mol. The van der Waals surface area contributed by atoms with Crippen molar-refractivity contribution in [1.82, 2.24) is 0 Å². The summed E-state index contributed by atoms with van der Waals surface area (Å²) < 4.78 is 4.42. The lowest BCUT2D eigenvalue weighted by molar-refractivity contribution is -0.155. The van der Waals surface area contributed by atoms with Gasteiger partial charge in [-0.25, -0.2) is 0 Å². The average Bonchev–Trinajstić information content (AvgIpc) is 2.12. The lowest BCUT2D eigenvalue weighted by Crippen LogP contribution is -2.39. The number of rotatable bonds is 6. The number of hydrogen-bond acceptors (Lipinski definition) is 6. The molecule has 0 aliphatic rings. The Morgan fingerprint density at radius 3 is 2.43 bits per heavy atom. The standard InChI is InChI=1S/C7H12N2O5/c8-5(1-6(9)12)7(13)14-4(2-10)3-11/h2,4-5,11H,1,3,8H2,(H2,9,12)/t4?,5-/m0/s1. The molecule has 0 heterocycles. The molecule has 0 bridgehead atoms. The van der Waals surface area contributed by atoms with Gasteiger partial charge in [0.2, 0.25) is 5.91 Å². The third kappa shape index (κ3) is 4.53. The van der Waals surface area contributed by atoms with Gasteiger partial charge in [0.25, 0.3) is 0 Å². The minimum absolute atomic E-state index is 0.259. The third-order valence-corrected chi connectivity index (χ3v) is 1.32. The van der Waals surface area contributed by atoms with Crippen molar-refractivity contribution >= 4 is 18.2 Å². The van der Waals surface area contributed by atoms with Crippen molar-refractivity contribution in [1.29, 1.82) is 0 Å². The normalized spacial score (nSPS) is 14.1. The topological polar surface area (TPSA) is 133 Å². The summed E-state index contributed by atoms with van der Waals surface area (Å²) in [4.78, 5) is 31.5. The van der Waals surface area contributed by atoms with E-state index in [1.165, 1.54) is 0 Å². The van der Waals surface area contributed by atoms with Gasteiger partial charge >= 0.3 is 5.97 Å². The number of nitrogens with two attached hydrogens (primary N) is 2. The molecule has 7 heteroatoms. The van der Waals surface area contributed by atoms with Crippen LogP contribution >= 0.6 is 0 Å². The lowest BCUT2D eigenvalue weighted by Gasteiger charge is -2.12. The van der Waals surface area contributed by atoms with E-state index in [4.69, 9.17) is 16.6 Å². The van der Waals surface area contributed by atoms with Crippen LogP contribution < -0.4 is 11.5 Å². The van der Waals surface area contributed by atoms with Crippen LogP contribution in [0.1, 0.15) is 6.42 Å². The van der Waals surface area contributed by atoms with E-state index in [0.29, 0.717) is 0 Å². The molecule has 0 aliphatic carbocycles. The zero-order valence-electron chi connectivity index (χ0n) is 7.38. The number of amides is 1. The van der Waals surface area contributed by atoms with Crippen LogP contribution in [0.4, 0.5) is 0 Å². The van der Waals surface area contributed by atoms with Crippen molar-refractivity contribution in [3.05, 3.63) is 0 Å². The minimum Gasteiger partial charge on any atom is -0.451 e. The third-order valence-electron chi connectivity index (χ3n) is 1.32. The highest BCUT2D eigenvalue weighted by molar-refractivity contribution is 5.84. The van der Waals surface area contributed by atoms with Gasteiger partial charge in [-0.3, -0.25) is 14.4 Å². The van der Waals surface area contributed by atoms with Crippen molar-refractivity contribution in [2.24, 2.45) is 11.5 Å². The van der Waals surface area contributed by atoms with Crippen LogP contribution in [0.2, 0.25) is 0 Å². The van der Waals surface area contributed by atoms with E-state index in [1.807, 2.05) is 0 Å². The smallest absolute Gasteiger partial charge is 0.324 e. The second-order valence-electron chi connectivity index (χ2n) is 2.57. The number of ether oxygens (including phenoxy) is 1. The Morgan fingerprint density at radius 2 is 2.07 bits per heavy atom. The van der Waals surface area contributed by atoms with Crippen molar-refractivity contribution in [3.63, 3.8) is 0 Å². The number of carbonyl (C=O) groups excluding carboxylic acids is 3. The van der Waals surface area contributed by atoms with Crippen molar-refractivity contribution < 1.29 is 24.2 Å². The summed E-state index contributed by atoms with van der Waals surface area (Å²) in [6.45, 7) is -0.626. The van der Waals surface area contributed by atoms with Crippen molar-refractivity contribution in [3.8, 4) is 0 Å². The van der Waals surface area contributed by atoms with Crippen molar-refractivity contribution in [2.75, 3.05) is 6.61 Å². The van der Waals surface area contributed by atoms with Crippen LogP contribution in [0.15, 0.2) is 0 Å². The van der Waals surface area contributed by atoms with Gasteiger partial charge in [0.05, 0.1) is 13.0 Å². The van der Waals surface area contributed by atoms with E-state index in [0.717, 1.165) is 0 Å². The molecule has 0 fully saturated rings. The molecule has 0 aromatic carbocycles. The molecule has 7 nitrogen and oxygen atoms in total. The van der Waals surface area contributed by atoms with Crippen LogP contribution in [0.3, 0.4) is 0 Å². The molecule has 0 saturated heterocycles. The molecular formula is C7H12N2O5. The molecule has 5 N–H and O–H groups in total. The van der Waals surface area contributed by atoms with Gasteiger partial charge in [0, 0.05) is 0 Å². The first-order valence-corrected chi connectivity index (χ1v) is 3.81. The van der Waals surface area contributed by atoms with E-state index in [1.54, 1.807) is 0 Å². The predicted molar refractivity (Wildman–Crippen MR) is 44.8 cm³/mol. The van der Waals surface area contributed by atoms with E-state index < -0.39 is 30.6 Å². The zero-order chi connectivity index (χ0) is 11.1. The van der Waals surface area contributed by atoms with Crippen LogP contribution in [-0.4, -0.2) is 42.0 Å². The zero-order valence-corrected chi connectivity index (χ0v) is 7.38. The first-order valence-electron chi connectivity index (χ1n) is 3.81. The molecule has 80 valence electrons. The second kappa shape index (κ2) is 6.06. The van der Waals surface area contributed by atoms with Gasteiger partial charge in [0.1, 0.15) is 6.04 Å². The summed E-state index contributed by atoms with van der Waals surface area (Å²) in [7, 11) is 0. The fourth-order valence-electron chi connectivity index (χ4n) is 0.645.